The summed E-state index contributed by atoms with van der Waals surface area (Å²) in [6.45, 7) is 0.538. The van der Waals surface area contributed by atoms with Gasteiger partial charge in [-0.2, -0.15) is 5.10 Å². The average Bonchev–Trinajstić information content (AvgIpc) is 3.02. The Morgan fingerprint density at radius 3 is 3.00 bits per heavy atom. The van der Waals surface area contributed by atoms with Crippen LogP contribution in [0.5, 0.6) is 0 Å². The van der Waals surface area contributed by atoms with Crippen molar-refractivity contribution in [3.63, 3.8) is 0 Å². The van der Waals surface area contributed by atoms with Gasteiger partial charge in [0.2, 0.25) is 5.91 Å². The summed E-state index contributed by atoms with van der Waals surface area (Å²) in [5.41, 5.74) is 7.13. The molecule has 3 rings (SSSR count). The summed E-state index contributed by atoms with van der Waals surface area (Å²) in [6.07, 6.45) is 7.03. The second-order valence-electron chi connectivity index (χ2n) is 5.26. The molecule has 0 spiro atoms. The summed E-state index contributed by atoms with van der Waals surface area (Å²) in [6, 6.07) is 0.0677. The van der Waals surface area contributed by atoms with E-state index in [1.54, 1.807) is 12.4 Å². The molecule has 5 nitrogen and oxygen atoms in total. The lowest BCUT2D eigenvalue weighted by Crippen LogP contribution is -2.45. The second-order valence-corrected chi connectivity index (χ2v) is 5.26. The van der Waals surface area contributed by atoms with Crippen molar-refractivity contribution in [1.29, 1.82) is 0 Å². The van der Waals surface area contributed by atoms with E-state index in [9.17, 15) is 4.79 Å². The monoisotopic (exact) mass is 234 g/mol. The molecule has 92 valence electrons. The molecule has 2 saturated carbocycles. The number of fused-ring (bicyclic) bond motifs is 2. The van der Waals surface area contributed by atoms with Gasteiger partial charge in [-0.05, 0) is 31.1 Å². The summed E-state index contributed by atoms with van der Waals surface area (Å²) in [5.74, 6) is 1.23. The van der Waals surface area contributed by atoms with Crippen LogP contribution in [-0.4, -0.2) is 22.1 Å². The molecular formula is C12H18N4O. The lowest BCUT2D eigenvalue weighted by molar-refractivity contribution is -0.127. The third kappa shape index (κ3) is 1.84. The van der Waals surface area contributed by atoms with Crippen LogP contribution in [0.25, 0.3) is 0 Å². The predicted molar refractivity (Wildman–Crippen MR) is 62.7 cm³/mol. The van der Waals surface area contributed by atoms with Crippen molar-refractivity contribution in [2.45, 2.75) is 31.8 Å². The molecule has 4 atom stereocenters. The number of nitrogens with one attached hydrogen (secondary N) is 2. The average molecular weight is 234 g/mol. The number of rotatable bonds is 3. The van der Waals surface area contributed by atoms with Gasteiger partial charge < -0.3 is 11.1 Å². The summed E-state index contributed by atoms with van der Waals surface area (Å²) < 4.78 is 0. The Bertz CT molecular complexity index is 401. The first-order valence-corrected chi connectivity index (χ1v) is 6.26. The normalized spacial score (nSPS) is 35.1. The number of aromatic nitrogens is 2. The molecule has 2 aliphatic rings. The van der Waals surface area contributed by atoms with E-state index in [1.165, 1.54) is 12.8 Å². The first kappa shape index (κ1) is 10.8. The molecule has 2 aliphatic carbocycles. The van der Waals surface area contributed by atoms with Gasteiger partial charge in [-0.15, -0.1) is 0 Å². The van der Waals surface area contributed by atoms with E-state index in [0.29, 0.717) is 18.4 Å². The van der Waals surface area contributed by atoms with Gasteiger partial charge in [0.05, 0.1) is 12.1 Å². The molecule has 2 fully saturated rings. The van der Waals surface area contributed by atoms with Gasteiger partial charge in [0.15, 0.2) is 0 Å². The maximum Gasteiger partial charge on any atom is 0.225 e. The number of nitrogens with zero attached hydrogens (tertiary/aromatic N) is 1. The van der Waals surface area contributed by atoms with Crippen LogP contribution in [0.3, 0.4) is 0 Å². The number of aromatic amines is 1. The highest BCUT2D eigenvalue weighted by molar-refractivity contribution is 5.80. The Labute approximate surface area is 100 Å². The molecule has 1 heterocycles. The van der Waals surface area contributed by atoms with Gasteiger partial charge >= 0.3 is 0 Å². The SMILES string of the molecule is NC1C2CCC(C2)C1C(=O)NCc1cn[nH]c1. The summed E-state index contributed by atoms with van der Waals surface area (Å²) in [5, 5.41) is 9.55. The van der Waals surface area contributed by atoms with Crippen molar-refractivity contribution in [2.24, 2.45) is 23.5 Å². The number of nitrogens with two attached hydrogens (primary N) is 1. The topological polar surface area (TPSA) is 83.8 Å². The first-order chi connectivity index (χ1) is 8.25. The van der Waals surface area contributed by atoms with Crippen LogP contribution in [0.4, 0.5) is 0 Å². The minimum absolute atomic E-state index is 0.0284. The van der Waals surface area contributed by atoms with E-state index in [2.05, 4.69) is 15.5 Å². The summed E-state index contributed by atoms with van der Waals surface area (Å²) in [4.78, 5) is 12.1. The fourth-order valence-corrected chi connectivity index (χ4v) is 3.41. The Hall–Kier alpha value is -1.36. The van der Waals surface area contributed by atoms with Gasteiger partial charge in [0.25, 0.3) is 0 Å². The maximum atomic E-state index is 12.1. The summed E-state index contributed by atoms with van der Waals surface area (Å²) >= 11 is 0. The van der Waals surface area contributed by atoms with Crippen LogP contribution >= 0.6 is 0 Å². The van der Waals surface area contributed by atoms with Gasteiger partial charge in [-0.3, -0.25) is 9.89 Å². The third-order valence-corrected chi connectivity index (χ3v) is 4.30. The van der Waals surface area contributed by atoms with Crippen LogP contribution in [-0.2, 0) is 11.3 Å². The number of amides is 1. The van der Waals surface area contributed by atoms with E-state index in [1.807, 2.05) is 0 Å². The Morgan fingerprint density at radius 2 is 2.35 bits per heavy atom. The molecule has 2 bridgehead atoms. The maximum absolute atomic E-state index is 12.1. The molecule has 1 aromatic heterocycles. The number of carbonyl (C=O) groups is 1. The van der Waals surface area contributed by atoms with Crippen LogP contribution < -0.4 is 11.1 Å². The van der Waals surface area contributed by atoms with Crippen molar-refractivity contribution in [1.82, 2.24) is 15.5 Å². The molecule has 0 saturated heterocycles. The van der Waals surface area contributed by atoms with E-state index < -0.39 is 0 Å². The minimum atomic E-state index is 0.0284. The number of hydrogen-bond acceptors (Lipinski definition) is 3. The van der Waals surface area contributed by atoms with E-state index in [0.717, 1.165) is 12.0 Å². The Balaban J connectivity index is 1.59. The zero-order chi connectivity index (χ0) is 11.8. The molecule has 4 N–H and O–H groups in total. The molecule has 17 heavy (non-hydrogen) atoms. The highest BCUT2D eigenvalue weighted by Gasteiger charge is 2.48. The highest BCUT2D eigenvalue weighted by Crippen LogP contribution is 2.47. The molecule has 1 aromatic rings. The standard InChI is InChI=1S/C12H18N4O/c13-11-9-2-1-8(3-9)10(11)12(17)14-4-7-5-15-16-6-7/h5-6,8-11H,1-4,13H2,(H,14,17)(H,15,16). The van der Waals surface area contributed by atoms with Gasteiger partial charge in [-0.1, -0.05) is 0 Å². The second kappa shape index (κ2) is 4.14. The van der Waals surface area contributed by atoms with Crippen LogP contribution in [0.2, 0.25) is 0 Å². The first-order valence-electron chi connectivity index (χ1n) is 6.26. The van der Waals surface area contributed by atoms with Crippen molar-refractivity contribution in [3.8, 4) is 0 Å². The molecule has 0 radical (unpaired) electrons. The van der Waals surface area contributed by atoms with Crippen molar-refractivity contribution >= 4 is 5.91 Å². The van der Waals surface area contributed by atoms with Crippen molar-refractivity contribution in [2.75, 3.05) is 0 Å². The highest BCUT2D eigenvalue weighted by atomic mass is 16.1. The molecule has 1 amide bonds. The number of hydrogen-bond donors (Lipinski definition) is 3. The van der Waals surface area contributed by atoms with Crippen LogP contribution in [0.15, 0.2) is 12.4 Å². The van der Waals surface area contributed by atoms with Crippen molar-refractivity contribution < 1.29 is 4.79 Å². The largest absolute Gasteiger partial charge is 0.352 e. The Kier molecular flexibility index (Phi) is 2.63. The quantitative estimate of drug-likeness (QED) is 0.707. The number of H-pyrrole nitrogens is 1. The van der Waals surface area contributed by atoms with Crippen LogP contribution in [0.1, 0.15) is 24.8 Å². The van der Waals surface area contributed by atoms with Crippen molar-refractivity contribution in [3.05, 3.63) is 18.0 Å². The molecule has 0 aromatic carbocycles. The Morgan fingerprint density at radius 1 is 1.53 bits per heavy atom. The zero-order valence-corrected chi connectivity index (χ0v) is 9.73. The molecular weight excluding hydrogens is 216 g/mol. The van der Waals surface area contributed by atoms with Gasteiger partial charge in [-0.25, -0.2) is 0 Å². The van der Waals surface area contributed by atoms with Crippen LogP contribution in [0, 0.1) is 17.8 Å². The predicted octanol–water partition coefficient (Wildman–Crippen LogP) is 0.399. The van der Waals surface area contributed by atoms with E-state index >= 15 is 0 Å². The fourth-order valence-electron chi connectivity index (χ4n) is 3.41. The van der Waals surface area contributed by atoms with E-state index in [-0.39, 0.29) is 17.9 Å². The minimum Gasteiger partial charge on any atom is -0.352 e. The summed E-state index contributed by atoms with van der Waals surface area (Å²) in [7, 11) is 0. The smallest absolute Gasteiger partial charge is 0.225 e. The third-order valence-electron chi connectivity index (χ3n) is 4.30. The van der Waals surface area contributed by atoms with E-state index in [4.69, 9.17) is 5.73 Å². The fraction of sp³-hybridized carbons (Fsp3) is 0.667. The zero-order valence-electron chi connectivity index (χ0n) is 9.73. The lowest BCUT2D eigenvalue weighted by atomic mass is 9.84. The molecule has 5 heteroatoms. The van der Waals surface area contributed by atoms with Gasteiger partial charge in [0, 0.05) is 24.3 Å². The molecule has 0 aliphatic heterocycles. The van der Waals surface area contributed by atoms with Gasteiger partial charge in [0.1, 0.15) is 0 Å². The molecule has 4 unspecified atom stereocenters. The number of carbonyl (C=O) groups excluding carboxylic acids is 1. The lowest BCUT2D eigenvalue weighted by Gasteiger charge is -2.26.